The zero-order valence-corrected chi connectivity index (χ0v) is 19.5. The molecule has 0 aliphatic carbocycles. The molecule has 0 radical (unpaired) electrons. The maximum absolute atomic E-state index is 13.3. The van der Waals surface area contributed by atoms with E-state index in [0.717, 1.165) is 5.82 Å². The number of aromatic nitrogens is 3. The number of hydrogen-bond acceptors (Lipinski definition) is 9. The van der Waals surface area contributed by atoms with Crippen LogP contribution in [0.15, 0.2) is 53.6 Å². The van der Waals surface area contributed by atoms with Gasteiger partial charge < -0.3 is 19.7 Å². The first-order chi connectivity index (χ1) is 15.9. The largest absolute Gasteiger partial charge is 0.497 e. The molecule has 11 heteroatoms. The lowest BCUT2D eigenvalue weighted by Crippen LogP contribution is -2.49. The van der Waals surface area contributed by atoms with Gasteiger partial charge in [-0.15, -0.1) is 0 Å². The minimum absolute atomic E-state index is 0.0949. The molecule has 4 rings (SSSR count). The highest BCUT2D eigenvalue weighted by atomic mass is 32.2. The molecule has 0 amide bonds. The van der Waals surface area contributed by atoms with Gasteiger partial charge in [0.25, 0.3) is 0 Å². The minimum atomic E-state index is -3.75. The zero-order valence-electron chi connectivity index (χ0n) is 18.7. The summed E-state index contributed by atoms with van der Waals surface area (Å²) in [6, 6.07) is 12.2. The Morgan fingerprint density at radius 2 is 1.73 bits per heavy atom. The van der Waals surface area contributed by atoms with Crippen LogP contribution in [0.5, 0.6) is 11.5 Å². The number of piperazine rings is 1. The fourth-order valence-electron chi connectivity index (χ4n) is 3.63. The number of ether oxygens (including phenoxy) is 2. The maximum Gasteiger partial charge on any atom is 0.247 e. The van der Waals surface area contributed by atoms with Crippen LogP contribution in [0, 0.1) is 6.92 Å². The third-order valence-electron chi connectivity index (χ3n) is 5.30. The number of nitrogens with zero attached hydrogens (tertiary/aromatic N) is 5. The molecule has 1 aromatic carbocycles. The van der Waals surface area contributed by atoms with Crippen molar-refractivity contribution >= 4 is 27.5 Å². The smallest absolute Gasteiger partial charge is 0.247 e. The van der Waals surface area contributed by atoms with Crippen LogP contribution >= 0.6 is 0 Å². The molecule has 3 aromatic rings. The second kappa shape index (κ2) is 9.59. The van der Waals surface area contributed by atoms with Crippen molar-refractivity contribution < 1.29 is 17.9 Å². The van der Waals surface area contributed by atoms with Crippen molar-refractivity contribution in [3.8, 4) is 11.5 Å². The van der Waals surface area contributed by atoms with Crippen LogP contribution in [0.25, 0.3) is 0 Å². The van der Waals surface area contributed by atoms with E-state index in [2.05, 4.69) is 20.3 Å². The lowest BCUT2D eigenvalue weighted by atomic mass is 10.3. The highest BCUT2D eigenvalue weighted by molar-refractivity contribution is 7.89. The first kappa shape index (κ1) is 22.7. The van der Waals surface area contributed by atoms with E-state index in [4.69, 9.17) is 9.47 Å². The summed E-state index contributed by atoms with van der Waals surface area (Å²) in [5, 5.41) is 3.18. The topological polar surface area (TPSA) is 110 Å². The lowest BCUT2D eigenvalue weighted by molar-refractivity contribution is 0.370. The van der Waals surface area contributed by atoms with Gasteiger partial charge >= 0.3 is 0 Å². The Kier molecular flexibility index (Phi) is 6.61. The van der Waals surface area contributed by atoms with Crippen LogP contribution in [0.1, 0.15) is 5.82 Å². The Balaban J connectivity index is 1.50. The lowest BCUT2D eigenvalue weighted by Gasteiger charge is -2.35. The average Bonchev–Trinajstić information content (AvgIpc) is 2.84. The van der Waals surface area contributed by atoms with E-state index in [-0.39, 0.29) is 10.6 Å². The number of pyridine rings is 1. The molecule has 0 spiro atoms. The number of anilines is 3. The molecule has 33 heavy (non-hydrogen) atoms. The van der Waals surface area contributed by atoms with Gasteiger partial charge in [0.15, 0.2) is 0 Å². The normalized spacial score (nSPS) is 14.7. The Hall–Kier alpha value is -3.44. The van der Waals surface area contributed by atoms with Crippen molar-refractivity contribution in [2.24, 2.45) is 0 Å². The molecular weight excluding hydrogens is 444 g/mol. The molecule has 1 saturated heterocycles. The summed E-state index contributed by atoms with van der Waals surface area (Å²) in [6.07, 6.45) is 1.70. The number of aryl methyl sites for hydroxylation is 1. The number of hydrogen-bond donors (Lipinski definition) is 1. The summed E-state index contributed by atoms with van der Waals surface area (Å²) in [6.45, 7) is 3.43. The predicted molar refractivity (Wildman–Crippen MR) is 125 cm³/mol. The minimum Gasteiger partial charge on any atom is -0.497 e. The fraction of sp³-hybridized carbons (Fsp3) is 0.318. The number of nitrogens with one attached hydrogen (secondary N) is 1. The molecule has 1 N–H and O–H groups in total. The van der Waals surface area contributed by atoms with Gasteiger partial charge in [0.1, 0.15) is 39.7 Å². The molecule has 1 aliphatic rings. The molecule has 2 aromatic heterocycles. The first-order valence-corrected chi connectivity index (χ1v) is 11.9. The van der Waals surface area contributed by atoms with Crippen LogP contribution in [-0.4, -0.2) is 68.1 Å². The highest BCUT2D eigenvalue weighted by Gasteiger charge is 2.31. The van der Waals surface area contributed by atoms with E-state index in [1.165, 1.54) is 24.6 Å². The molecule has 174 valence electrons. The number of sulfonamides is 1. The van der Waals surface area contributed by atoms with E-state index in [0.29, 0.717) is 49.4 Å². The van der Waals surface area contributed by atoms with Gasteiger partial charge in [-0.1, -0.05) is 6.07 Å². The quantitative estimate of drug-likeness (QED) is 0.557. The standard InChI is InChI=1S/C22H26N6O4S/c1-16-24-21(26-20-6-4-5-9-23-20)15-22(25-16)27-10-12-28(13-11-27)33(29,30)19-14-17(31-2)7-8-18(19)32-3/h4-9,14-15H,10-13H2,1-3H3,(H,23,24,25,26). The highest BCUT2D eigenvalue weighted by Crippen LogP contribution is 2.31. The number of methoxy groups -OCH3 is 2. The molecule has 1 aliphatic heterocycles. The van der Waals surface area contributed by atoms with Gasteiger partial charge in [0, 0.05) is 44.5 Å². The molecule has 10 nitrogen and oxygen atoms in total. The number of benzene rings is 1. The fourth-order valence-corrected chi connectivity index (χ4v) is 5.22. The van der Waals surface area contributed by atoms with Crippen molar-refractivity contribution in [1.82, 2.24) is 19.3 Å². The zero-order chi connectivity index (χ0) is 23.4. The van der Waals surface area contributed by atoms with Crippen molar-refractivity contribution in [1.29, 1.82) is 0 Å². The van der Waals surface area contributed by atoms with Crippen molar-refractivity contribution in [2.75, 3.05) is 50.6 Å². The molecule has 1 fully saturated rings. The van der Waals surface area contributed by atoms with Crippen LogP contribution in [0.3, 0.4) is 0 Å². The van der Waals surface area contributed by atoms with E-state index < -0.39 is 10.0 Å². The third-order valence-corrected chi connectivity index (χ3v) is 7.22. The summed E-state index contributed by atoms with van der Waals surface area (Å²) in [5.41, 5.74) is 0. The molecule has 0 atom stereocenters. The summed E-state index contributed by atoms with van der Waals surface area (Å²) in [4.78, 5) is 15.4. The summed E-state index contributed by atoms with van der Waals surface area (Å²) >= 11 is 0. The van der Waals surface area contributed by atoms with Crippen molar-refractivity contribution in [2.45, 2.75) is 11.8 Å². The average molecular weight is 471 g/mol. The second-order valence-corrected chi connectivity index (χ2v) is 9.31. The van der Waals surface area contributed by atoms with E-state index >= 15 is 0 Å². The molecule has 3 heterocycles. The van der Waals surface area contributed by atoms with Crippen LogP contribution in [0.2, 0.25) is 0 Å². The van der Waals surface area contributed by atoms with Crippen LogP contribution in [0.4, 0.5) is 17.5 Å². The van der Waals surface area contributed by atoms with Crippen LogP contribution in [-0.2, 0) is 10.0 Å². The van der Waals surface area contributed by atoms with Gasteiger partial charge in [-0.05, 0) is 31.2 Å². The van der Waals surface area contributed by atoms with Crippen molar-refractivity contribution in [3.05, 3.63) is 54.5 Å². The summed E-state index contributed by atoms with van der Waals surface area (Å²) in [5.74, 6) is 3.41. The summed E-state index contributed by atoms with van der Waals surface area (Å²) < 4.78 is 38.6. The van der Waals surface area contributed by atoms with Gasteiger partial charge in [-0.3, -0.25) is 0 Å². The first-order valence-electron chi connectivity index (χ1n) is 10.4. The summed E-state index contributed by atoms with van der Waals surface area (Å²) in [7, 11) is -0.803. The Bertz CT molecular complexity index is 1210. The molecule has 0 bridgehead atoms. The predicted octanol–water partition coefficient (Wildman–Crippen LogP) is 2.45. The van der Waals surface area contributed by atoms with Crippen molar-refractivity contribution in [3.63, 3.8) is 0 Å². The SMILES string of the molecule is COc1ccc(OC)c(S(=O)(=O)N2CCN(c3cc(Nc4ccccn4)nc(C)n3)CC2)c1. The van der Waals surface area contributed by atoms with E-state index in [9.17, 15) is 8.42 Å². The Morgan fingerprint density at radius 1 is 0.939 bits per heavy atom. The molecule has 0 unspecified atom stereocenters. The van der Waals surface area contributed by atoms with E-state index in [1.807, 2.05) is 36.1 Å². The second-order valence-electron chi connectivity index (χ2n) is 7.41. The Labute approximate surface area is 193 Å². The van der Waals surface area contributed by atoms with Gasteiger partial charge in [0.05, 0.1) is 14.2 Å². The van der Waals surface area contributed by atoms with Gasteiger partial charge in [-0.2, -0.15) is 4.31 Å². The van der Waals surface area contributed by atoms with Crippen LogP contribution < -0.4 is 19.7 Å². The van der Waals surface area contributed by atoms with E-state index in [1.54, 1.807) is 18.3 Å². The molecular formula is C22H26N6O4S. The van der Waals surface area contributed by atoms with Gasteiger partial charge in [-0.25, -0.2) is 23.4 Å². The maximum atomic E-state index is 13.3. The Morgan fingerprint density at radius 3 is 2.39 bits per heavy atom. The van der Waals surface area contributed by atoms with Gasteiger partial charge in [0.2, 0.25) is 10.0 Å². The third kappa shape index (κ3) is 4.99. The molecule has 0 saturated carbocycles. The monoisotopic (exact) mass is 470 g/mol. The number of rotatable bonds is 7.